The number of hydrogen-bond acceptors (Lipinski definition) is 1. The van der Waals surface area contributed by atoms with Crippen LogP contribution >= 0.6 is 0 Å². The van der Waals surface area contributed by atoms with Crippen molar-refractivity contribution in [2.45, 2.75) is 104 Å². The molecule has 138 valence electrons. The van der Waals surface area contributed by atoms with Crippen molar-refractivity contribution >= 4 is 5.91 Å². The predicted molar refractivity (Wildman–Crippen MR) is 103 cm³/mol. The lowest BCUT2D eigenvalue weighted by Gasteiger charge is -2.38. The van der Waals surface area contributed by atoms with Crippen LogP contribution < -0.4 is 5.32 Å². The summed E-state index contributed by atoms with van der Waals surface area (Å²) in [5.74, 6) is 3.06. The smallest absolute Gasteiger partial charge is 0.246 e. The summed E-state index contributed by atoms with van der Waals surface area (Å²) in [4.78, 5) is 12.0. The largest absolute Gasteiger partial charge is 0.350 e. The van der Waals surface area contributed by atoms with E-state index in [0.717, 1.165) is 23.3 Å². The van der Waals surface area contributed by atoms with Gasteiger partial charge in [0.25, 0.3) is 0 Å². The molecule has 2 saturated carbocycles. The molecule has 0 heterocycles. The monoisotopic (exact) mass is 333 g/mol. The van der Waals surface area contributed by atoms with Crippen molar-refractivity contribution in [2.75, 3.05) is 0 Å². The van der Waals surface area contributed by atoms with Crippen LogP contribution in [0.15, 0.2) is 11.6 Å². The lowest BCUT2D eigenvalue weighted by Crippen LogP contribution is -2.39. The number of carbonyl (C=O) groups is 1. The number of amides is 1. The fourth-order valence-corrected chi connectivity index (χ4v) is 4.80. The molecular formula is C22H39NO. The van der Waals surface area contributed by atoms with Crippen LogP contribution in [0.3, 0.4) is 0 Å². The van der Waals surface area contributed by atoms with Crippen molar-refractivity contribution in [3.05, 3.63) is 11.6 Å². The van der Waals surface area contributed by atoms with Gasteiger partial charge in [-0.3, -0.25) is 4.79 Å². The van der Waals surface area contributed by atoms with Crippen LogP contribution in [0.4, 0.5) is 0 Å². The van der Waals surface area contributed by atoms with Gasteiger partial charge < -0.3 is 5.32 Å². The van der Waals surface area contributed by atoms with E-state index in [1.807, 2.05) is 19.9 Å². The first kappa shape index (κ1) is 19.5. The fourth-order valence-electron chi connectivity index (χ4n) is 4.80. The first-order chi connectivity index (χ1) is 11.6. The van der Waals surface area contributed by atoms with Crippen LogP contribution in [0.25, 0.3) is 0 Å². The maximum absolute atomic E-state index is 12.0. The van der Waals surface area contributed by atoms with E-state index in [-0.39, 0.29) is 5.91 Å². The summed E-state index contributed by atoms with van der Waals surface area (Å²) in [5.41, 5.74) is 0.846. The number of allylic oxidation sites excluding steroid dienone is 1. The maximum Gasteiger partial charge on any atom is 0.246 e. The Morgan fingerprint density at radius 3 is 2.08 bits per heavy atom. The molecule has 1 N–H and O–H groups in total. The Morgan fingerprint density at radius 1 is 0.958 bits per heavy atom. The SMILES string of the molecule is C/C=C(\C)C(=O)NC1CCC(C2CCC(CCCCC)CC2)CC1. The van der Waals surface area contributed by atoms with Crippen molar-refractivity contribution in [3.63, 3.8) is 0 Å². The van der Waals surface area contributed by atoms with Gasteiger partial charge in [-0.05, 0) is 70.1 Å². The van der Waals surface area contributed by atoms with E-state index in [4.69, 9.17) is 0 Å². The normalized spacial score (nSPS) is 31.7. The molecule has 0 unspecified atom stereocenters. The number of unbranched alkanes of at least 4 members (excludes halogenated alkanes) is 2. The summed E-state index contributed by atoms with van der Waals surface area (Å²) >= 11 is 0. The molecule has 2 rings (SSSR count). The second-order valence-corrected chi connectivity index (χ2v) is 8.33. The van der Waals surface area contributed by atoms with Gasteiger partial charge in [-0.15, -0.1) is 0 Å². The molecule has 0 aromatic heterocycles. The Balaban J connectivity index is 1.65. The second kappa shape index (κ2) is 10.3. The molecule has 2 heteroatoms. The van der Waals surface area contributed by atoms with Gasteiger partial charge in [0.2, 0.25) is 5.91 Å². The van der Waals surface area contributed by atoms with Gasteiger partial charge in [-0.25, -0.2) is 0 Å². The molecule has 2 aliphatic carbocycles. The summed E-state index contributed by atoms with van der Waals surface area (Å²) in [5, 5.41) is 3.22. The number of nitrogens with one attached hydrogen (secondary N) is 1. The fraction of sp³-hybridized carbons (Fsp3) is 0.864. The molecular weight excluding hydrogens is 294 g/mol. The van der Waals surface area contributed by atoms with Crippen LogP contribution in [0.1, 0.15) is 97.8 Å². The molecule has 0 aromatic carbocycles. The summed E-state index contributed by atoms with van der Waals surface area (Å²) in [6, 6.07) is 0.411. The molecule has 0 bridgehead atoms. The molecule has 2 fully saturated rings. The van der Waals surface area contributed by atoms with Gasteiger partial charge >= 0.3 is 0 Å². The molecule has 0 atom stereocenters. The molecule has 2 nitrogen and oxygen atoms in total. The standard InChI is InChI=1S/C22H39NO/c1-4-6-7-8-18-9-11-19(12-10-18)20-13-15-21(16-14-20)23-22(24)17(3)5-2/h5,18-21H,4,6-16H2,1-3H3,(H,23,24)/b17-5+. The zero-order valence-corrected chi connectivity index (χ0v) is 16.3. The molecule has 1 amide bonds. The Hall–Kier alpha value is -0.790. The third kappa shape index (κ3) is 5.93. The zero-order chi connectivity index (χ0) is 17.4. The number of carbonyl (C=O) groups excluding carboxylic acids is 1. The van der Waals surface area contributed by atoms with Crippen LogP contribution in [-0.4, -0.2) is 11.9 Å². The van der Waals surface area contributed by atoms with Crippen molar-refractivity contribution in [1.82, 2.24) is 5.32 Å². The quantitative estimate of drug-likeness (QED) is 0.448. The minimum absolute atomic E-state index is 0.133. The van der Waals surface area contributed by atoms with Crippen molar-refractivity contribution in [3.8, 4) is 0 Å². The van der Waals surface area contributed by atoms with Crippen LogP contribution in [0, 0.1) is 17.8 Å². The molecule has 2 aliphatic rings. The van der Waals surface area contributed by atoms with Gasteiger partial charge in [0.05, 0.1) is 0 Å². The van der Waals surface area contributed by atoms with E-state index >= 15 is 0 Å². The van der Waals surface area contributed by atoms with E-state index < -0.39 is 0 Å². The Kier molecular flexibility index (Phi) is 8.35. The topological polar surface area (TPSA) is 29.1 Å². The van der Waals surface area contributed by atoms with E-state index in [0.29, 0.717) is 6.04 Å². The lowest BCUT2D eigenvalue weighted by molar-refractivity contribution is -0.118. The molecule has 24 heavy (non-hydrogen) atoms. The van der Waals surface area contributed by atoms with Gasteiger partial charge in [0, 0.05) is 11.6 Å². The Morgan fingerprint density at radius 2 is 1.54 bits per heavy atom. The summed E-state index contributed by atoms with van der Waals surface area (Å²) in [6.07, 6.45) is 18.5. The second-order valence-electron chi connectivity index (χ2n) is 8.33. The third-order valence-corrected chi connectivity index (χ3v) is 6.67. The average molecular weight is 334 g/mol. The van der Waals surface area contributed by atoms with E-state index in [2.05, 4.69) is 12.2 Å². The molecule has 0 aliphatic heterocycles. The molecule has 0 saturated heterocycles. The zero-order valence-electron chi connectivity index (χ0n) is 16.3. The summed E-state index contributed by atoms with van der Waals surface area (Å²) in [7, 11) is 0. The Bertz CT molecular complexity index is 398. The van der Waals surface area contributed by atoms with Gasteiger partial charge in [0.1, 0.15) is 0 Å². The minimum atomic E-state index is 0.133. The summed E-state index contributed by atoms with van der Waals surface area (Å²) in [6.45, 7) is 6.14. The van der Waals surface area contributed by atoms with Crippen molar-refractivity contribution in [2.24, 2.45) is 17.8 Å². The minimum Gasteiger partial charge on any atom is -0.350 e. The highest BCUT2D eigenvalue weighted by atomic mass is 16.1. The van der Waals surface area contributed by atoms with Crippen LogP contribution in [-0.2, 0) is 4.79 Å². The van der Waals surface area contributed by atoms with Crippen molar-refractivity contribution < 1.29 is 4.79 Å². The van der Waals surface area contributed by atoms with Crippen LogP contribution in [0.5, 0.6) is 0 Å². The average Bonchev–Trinajstić information content (AvgIpc) is 2.62. The lowest BCUT2D eigenvalue weighted by atomic mass is 9.69. The highest BCUT2D eigenvalue weighted by molar-refractivity contribution is 5.92. The maximum atomic E-state index is 12.0. The van der Waals surface area contributed by atoms with E-state index in [1.165, 1.54) is 77.0 Å². The number of hydrogen-bond donors (Lipinski definition) is 1. The van der Waals surface area contributed by atoms with Gasteiger partial charge in [0.15, 0.2) is 0 Å². The highest BCUT2D eigenvalue weighted by Gasteiger charge is 2.31. The number of rotatable bonds is 7. The Labute approximate surface area is 149 Å². The first-order valence-corrected chi connectivity index (χ1v) is 10.6. The first-order valence-electron chi connectivity index (χ1n) is 10.6. The third-order valence-electron chi connectivity index (χ3n) is 6.67. The van der Waals surface area contributed by atoms with E-state index in [1.54, 1.807) is 0 Å². The molecule has 0 radical (unpaired) electrons. The van der Waals surface area contributed by atoms with Crippen LogP contribution in [0.2, 0.25) is 0 Å². The highest BCUT2D eigenvalue weighted by Crippen LogP contribution is 2.41. The van der Waals surface area contributed by atoms with Gasteiger partial charge in [-0.1, -0.05) is 51.5 Å². The van der Waals surface area contributed by atoms with Crippen molar-refractivity contribution in [1.29, 1.82) is 0 Å². The molecule has 0 spiro atoms. The summed E-state index contributed by atoms with van der Waals surface area (Å²) < 4.78 is 0. The van der Waals surface area contributed by atoms with E-state index in [9.17, 15) is 4.79 Å². The van der Waals surface area contributed by atoms with Gasteiger partial charge in [-0.2, -0.15) is 0 Å². The molecule has 0 aromatic rings. The predicted octanol–water partition coefficient (Wildman–Crippen LogP) is 6.01.